The third-order valence-corrected chi connectivity index (χ3v) is 9.27. The maximum Gasteiger partial charge on any atom is 0.0233 e. The third-order valence-electron chi connectivity index (χ3n) is 9.27. The minimum absolute atomic E-state index is 0.258. The Kier molecular flexibility index (Phi) is 50.0. The van der Waals surface area contributed by atoms with Crippen LogP contribution in [0.1, 0.15) is 238 Å². The molecule has 0 heterocycles. The first-order valence-electron chi connectivity index (χ1n) is 21.5. The van der Waals surface area contributed by atoms with Crippen molar-refractivity contribution in [1.82, 2.24) is 14.7 Å². The lowest BCUT2D eigenvalue weighted by molar-refractivity contribution is -0.0402. The van der Waals surface area contributed by atoms with Gasteiger partial charge < -0.3 is 4.90 Å². The zero-order valence-corrected chi connectivity index (χ0v) is 40.0. The van der Waals surface area contributed by atoms with Crippen molar-refractivity contribution in [3.05, 3.63) is 0 Å². The van der Waals surface area contributed by atoms with Crippen molar-refractivity contribution in [2.75, 3.05) is 26.7 Å². The van der Waals surface area contributed by atoms with Crippen LogP contribution in [0.2, 0.25) is 0 Å². The van der Waals surface area contributed by atoms with E-state index in [4.69, 9.17) is 0 Å². The Morgan fingerprint density at radius 2 is 0.792 bits per heavy atom. The summed E-state index contributed by atoms with van der Waals surface area (Å²) >= 11 is 0. The van der Waals surface area contributed by atoms with E-state index in [1.165, 1.54) is 70.9 Å². The normalized spacial score (nSPS) is 12.6. The zero-order chi connectivity index (χ0) is 40.4. The van der Waals surface area contributed by atoms with E-state index < -0.39 is 0 Å². The summed E-state index contributed by atoms with van der Waals surface area (Å²) in [6.45, 7) is 61.5. The molecule has 0 aromatic heterocycles. The molecule has 0 aliphatic rings. The van der Waals surface area contributed by atoms with Crippen LogP contribution in [0.3, 0.4) is 0 Å². The highest BCUT2D eigenvalue weighted by Gasteiger charge is 2.40. The summed E-state index contributed by atoms with van der Waals surface area (Å²) in [5.41, 5.74) is 1.09. The quantitative estimate of drug-likeness (QED) is 0.150. The summed E-state index contributed by atoms with van der Waals surface area (Å²) in [6.07, 6.45) is 11.4. The van der Waals surface area contributed by atoms with Crippen LogP contribution in [-0.2, 0) is 0 Å². The molecule has 0 bridgehead atoms. The number of rotatable bonds is 17. The molecule has 0 fully saturated rings. The van der Waals surface area contributed by atoms with Crippen LogP contribution < -0.4 is 0 Å². The van der Waals surface area contributed by atoms with Crippen molar-refractivity contribution in [3.63, 3.8) is 0 Å². The number of unbranched alkanes of at least 4 members (excludes halogenated alkanes) is 1. The lowest BCUT2D eigenvalue weighted by atomic mass is 9.86. The van der Waals surface area contributed by atoms with Crippen LogP contribution in [-0.4, -0.2) is 69.6 Å². The summed E-state index contributed by atoms with van der Waals surface area (Å²) in [6, 6.07) is 0.648. The maximum atomic E-state index is 2.82. The van der Waals surface area contributed by atoms with Gasteiger partial charge in [-0.25, -0.2) is 0 Å². The molecule has 48 heavy (non-hydrogen) atoms. The zero-order valence-electron chi connectivity index (χ0n) is 40.0. The highest BCUT2D eigenvalue weighted by molar-refractivity contribution is 4.96. The van der Waals surface area contributed by atoms with Gasteiger partial charge in [-0.2, -0.15) is 0 Å². The second-order valence-electron chi connectivity index (χ2n) is 15.3. The first-order valence-corrected chi connectivity index (χ1v) is 21.5. The standard InChI is InChI=1S/C18H40N2.C15H33N.C4H10.4C2H6/c1-10-14-16(15-19(9)13-4)20(17(5,6)11-2)18(7,8)12-3;1-9-11-13(3)12-16(14(4,5)6)15(7,8)10-2;1-3-4-2;4*1-2/h16H,10-15H2,1-9H3;13H,9-12H2,1-8H3;3-4H2,1-2H3;4*1-2H3. The average molecular weight is 690 g/mol. The Balaban J connectivity index is -0.000000107. The molecule has 3 nitrogen and oxygen atoms in total. The van der Waals surface area contributed by atoms with E-state index in [0.29, 0.717) is 11.6 Å². The van der Waals surface area contributed by atoms with E-state index in [1.807, 2.05) is 55.4 Å². The van der Waals surface area contributed by atoms with Gasteiger partial charge in [0, 0.05) is 41.3 Å². The molecule has 0 aromatic rings. The lowest BCUT2D eigenvalue weighted by Crippen LogP contribution is -2.61. The largest absolute Gasteiger partial charge is 0.305 e. The average Bonchev–Trinajstić information content (AvgIpc) is 3.07. The number of hydrogen-bond acceptors (Lipinski definition) is 3. The Labute approximate surface area is 312 Å². The fourth-order valence-electron chi connectivity index (χ4n) is 5.79. The molecule has 3 heteroatoms. The SMILES string of the molecule is CC.CC.CC.CC.CCCC.CCCC(C)CN(C(C)(C)C)C(C)(C)CC.CCCC(CN(C)CC)N(C(C)(C)CC)C(C)(C)CC. The Morgan fingerprint density at radius 1 is 0.458 bits per heavy atom. The molecule has 0 aliphatic carbocycles. The van der Waals surface area contributed by atoms with Crippen LogP contribution in [0.15, 0.2) is 0 Å². The summed E-state index contributed by atoms with van der Waals surface area (Å²) in [4.78, 5) is 7.96. The number of hydrogen-bond donors (Lipinski definition) is 0. The van der Waals surface area contributed by atoms with Gasteiger partial charge in [0.05, 0.1) is 0 Å². The molecule has 0 aliphatic heterocycles. The van der Waals surface area contributed by atoms with Gasteiger partial charge in [0.25, 0.3) is 0 Å². The van der Waals surface area contributed by atoms with Gasteiger partial charge in [0.2, 0.25) is 0 Å². The second kappa shape index (κ2) is 38.1. The van der Waals surface area contributed by atoms with E-state index in [-0.39, 0.29) is 16.6 Å². The predicted molar refractivity (Wildman–Crippen MR) is 233 cm³/mol. The van der Waals surface area contributed by atoms with E-state index in [2.05, 4.69) is 146 Å². The Hall–Kier alpha value is -0.120. The van der Waals surface area contributed by atoms with E-state index in [9.17, 15) is 0 Å². The van der Waals surface area contributed by atoms with E-state index in [0.717, 1.165) is 12.5 Å². The molecule has 0 saturated heterocycles. The van der Waals surface area contributed by atoms with Gasteiger partial charge >= 0.3 is 0 Å². The molecule has 0 rings (SSSR count). The number of likely N-dealkylation sites (N-methyl/N-ethyl adjacent to an activating group) is 1. The van der Waals surface area contributed by atoms with Gasteiger partial charge in [-0.3, -0.25) is 9.80 Å². The Bertz CT molecular complexity index is 555. The van der Waals surface area contributed by atoms with Crippen molar-refractivity contribution in [2.45, 2.75) is 266 Å². The maximum absolute atomic E-state index is 2.82. The van der Waals surface area contributed by atoms with Gasteiger partial charge in [0.1, 0.15) is 0 Å². The van der Waals surface area contributed by atoms with Crippen LogP contribution in [0.5, 0.6) is 0 Å². The van der Waals surface area contributed by atoms with Crippen molar-refractivity contribution in [3.8, 4) is 0 Å². The molecule has 302 valence electrons. The van der Waals surface area contributed by atoms with Crippen molar-refractivity contribution in [1.29, 1.82) is 0 Å². The smallest absolute Gasteiger partial charge is 0.0233 e. The second-order valence-corrected chi connectivity index (χ2v) is 15.3. The first-order chi connectivity index (χ1) is 22.2. The summed E-state index contributed by atoms with van der Waals surface area (Å²) in [5.74, 6) is 0.801. The monoisotopic (exact) mass is 690 g/mol. The van der Waals surface area contributed by atoms with E-state index in [1.54, 1.807) is 0 Å². The molecule has 0 N–H and O–H groups in total. The Morgan fingerprint density at radius 3 is 1.02 bits per heavy atom. The van der Waals surface area contributed by atoms with Gasteiger partial charge in [0.15, 0.2) is 0 Å². The van der Waals surface area contributed by atoms with Crippen LogP contribution in [0.25, 0.3) is 0 Å². The fourth-order valence-corrected chi connectivity index (χ4v) is 5.79. The molecular formula is C45H107N3. The molecule has 0 radical (unpaired) electrons. The predicted octanol–water partition coefficient (Wildman–Crippen LogP) is 15.4. The van der Waals surface area contributed by atoms with Gasteiger partial charge in [-0.1, -0.05) is 143 Å². The molecular weight excluding hydrogens is 583 g/mol. The minimum Gasteiger partial charge on any atom is -0.305 e. The van der Waals surface area contributed by atoms with Crippen molar-refractivity contribution >= 4 is 0 Å². The summed E-state index contributed by atoms with van der Waals surface area (Å²) in [7, 11) is 2.25. The van der Waals surface area contributed by atoms with Crippen LogP contribution in [0, 0.1) is 5.92 Å². The molecule has 2 atom stereocenters. The van der Waals surface area contributed by atoms with Crippen molar-refractivity contribution in [2.24, 2.45) is 5.92 Å². The molecule has 0 aromatic carbocycles. The molecule has 0 spiro atoms. The topological polar surface area (TPSA) is 9.72 Å². The van der Waals surface area contributed by atoms with Gasteiger partial charge in [-0.15, -0.1) is 0 Å². The minimum atomic E-state index is 0.258. The van der Waals surface area contributed by atoms with Crippen LogP contribution >= 0.6 is 0 Å². The highest BCUT2D eigenvalue weighted by Crippen LogP contribution is 2.34. The first kappa shape index (κ1) is 63.0. The summed E-state index contributed by atoms with van der Waals surface area (Å²) in [5, 5.41) is 0. The molecule has 2 unspecified atom stereocenters. The van der Waals surface area contributed by atoms with Crippen molar-refractivity contribution < 1.29 is 0 Å². The fraction of sp³-hybridized carbons (Fsp3) is 1.00. The molecule has 0 saturated carbocycles. The summed E-state index contributed by atoms with van der Waals surface area (Å²) < 4.78 is 0. The van der Waals surface area contributed by atoms with Crippen LogP contribution in [0.4, 0.5) is 0 Å². The third kappa shape index (κ3) is 31.8. The van der Waals surface area contributed by atoms with E-state index >= 15 is 0 Å². The lowest BCUT2D eigenvalue weighted by Gasteiger charge is -2.53. The highest BCUT2D eigenvalue weighted by atomic mass is 15.3. The molecule has 0 amide bonds. The van der Waals surface area contributed by atoms with Gasteiger partial charge in [-0.05, 0) is 114 Å². The number of nitrogens with zero attached hydrogens (tertiary/aromatic N) is 3.